The fourth-order valence-corrected chi connectivity index (χ4v) is 2.53. The quantitative estimate of drug-likeness (QED) is 0.339. The van der Waals surface area contributed by atoms with Gasteiger partial charge in [0.05, 0.1) is 24.3 Å². The van der Waals surface area contributed by atoms with Crippen LogP contribution in [0.2, 0.25) is 0 Å². The van der Waals surface area contributed by atoms with E-state index in [1.165, 1.54) is 13.8 Å². The summed E-state index contributed by atoms with van der Waals surface area (Å²) < 4.78 is 5.09. The average Bonchev–Trinajstić information content (AvgIpc) is 2.38. The monoisotopic (exact) mass is 333 g/mol. The number of hydrogen-bond acceptors (Lipinski definition) is 8. The zero-order chi connectivity index (χ0) is 17.9. The van der Waals surface area contributed by atoms with Gasteiger partial charge in [-0.3, -0.25) is 9.59 Å². The molecule has 1 fully saturated rings. The molecule has 0 spiro atoms. The first-order valence-corrected chi connectivity index (χ1v) is 7.00. The number of rotatable bonds is 5. The highest BCUT2D eigenvalue weighted by Crippen LogP contribution is 2.30. The molecule has 0 radical (unpaired) electrons. The van der Waals surface area contributed by atoms with Crippen LogP contribution >= 0.6 is 0 Å². The molecule has 1 saturated heterocycles. The summed E-state index contributed by atoms with van der Waals surface area (Å²) in [5, 5.41) is 45.7. The number of hydrogen-bond donors (Lipinski definition) is 5. The number of aliphatic carboxylic acids is 1. The second-order valence-corrected chi connectivity index (χ2v) is 5.62. The zero-order valence-electron chi connectivity index (χ0n) is 13.0. The Morgan fingerprint density at radius 1 is 1.30 bits per heavy atom. The second kappa shape index (κ2) is 7.21. The van der Waals surface area contributed by atoms with Crippen LogP contribution in [0.4, 0.5) is 0 Å². The van der Waals surface area contributed by atoms with Crippen LogP contribution in [-0.4, -0.2) is 69.3 Å². The molecule has 23 heavy (non-hydrogen) atoms. The van der Waals surface area contributed by atoms with E-state index in [0.717, 1.165) is 6.92 Å². The number of carbonyl (C=O) groups excluding carboxylic acids is 3. The average molecular weight is 333 g/mol. The molecule has 1 aliphatic heterocycles. The molecule has 0 bridgehead atoms. The highest BCUT2D eigenvalue weighted by molar-refractivity contribution is 5.75. The first-order valence-electron chi connectivity index (χ1n) is 7.00. The number of amides is 2. The topological polar surface area (TPSA) is 168 Å². The highest BCUT2D eigenvalue weighted by Gasteiger charge is 2.50. The largest absolute Gasteiger partial charge is 0.544 e. The zero-order valence-corrected chi connectivity index (χ0v) is 13.0. The molecule has 0 aliphatic carbocycles. The molecule has 0 saturated carbocycles. The summed E-state index contributed by atoms with van der Waals surface area (Å²) in [7, 11) is 0. The fraction of sp³-hybridized carbons (Fsp3) is 0.769. The van der Waals surface area contributed by atoms with Crippen LogP contribution in [0.15, 0.2) is 0 Å². The molecule has 0 unspecified atom stereocenters. The Morgan fingerprint density at radius 3 is 2.26 bits per heavy atom. The van der Waals surface area contributed by atoms with E-state index >= 15 is 0 Å². The second-order valence-electron chi connectivity index (χ2n) is 5.62. The summed E-state index contributed by atoms with van der Waals surface area (Å²) in [4.78, 5) is 33.7. The molecule has 10 heteroatoms. The summed E-state index contributed by atoms with van der Waals surface area (Å²) in [5.41, 5.74) is 0. The number of carboxylic acids is 1. The van der Waals surface area contributed by atoms with Gasteiger partial charge in [0.2, 0.25) is 17.6 Å². The predicted octanol–water partition coefficient (Wildman–Crippen LogP) is -4.04. The van der Waals surface area contributed by atoms with Gasteiger partial charge in [0.15, 0.2) is 0 Å². The van der Waals surface area contributed by atoms with Crippen molar-refractivity contribution >= 4 is 17.8 Å². The minimum absolute atomic E-state index is 0.547. The molecule has 1 rings (SSSR count). The van der Waals surface area contributed by atoms with Crippen molar-refractivity contribution in [2.45, 2.75) is 63.4 Å². The highest BCUT2D eigenvalue weighted by atomic mass is 16.7. The van der Waals surface area contributed by atoms with Crippen molar-refractivity contribution in [1.82, 2.24) is 10.6 Å². The Balaban J connectivity index is 3.21. The molecular formula is C13H21N2O8-. The van der Waals surface area contributed by atoms with Crippen LogP contribution in [0, 0.1) is 0 Å². The van der Waals surface area contributed by atoms with Crippen molar-refractivity contribution < 1.29 is 39.5 Å². The molecule has 5 N–H and O–H groups in total. The van der Waals surface area contributed by atoms with Crippen molar-refractivity contribution in [2.75, 3.05) is 0 Å². The number of nitrogens with one attached hydrogen (secondary N) is 2. The summed E-state index contributed by atoms with van der Waals surface area (Å²) in [5.74, 6) is -5.90. The maximum Gasteiger partial charge on any atom is 0.217 e. The predicted molar refractivity (Wildman–Crippen MR) is 72.3 cm³/mol. The molecule has 132 valence electrons. The van der Waals surface area contributed by atoms with Crippen LogP contribution in [0.25, 0.3) is 0 Å². The lowest BCUT2D eigenvalue weighted by Crippen LogP contribution is -2.70. The van der Waals surface area contributed by atoms with E-state index < -0.39 is 60.4 Å². The number of carbonyl (C=O) groups is 3. The van der Waals surface area contributed by atoms with Gasteiger partial charge in [0.1, 0.15) is 12.1 Å². The van der Waals surface area contributed by atoms with Gasteiger partial charge < -0.3 is 40.6 Å². The maximum absolute atomic E-state index is 11.3. The van der Waals surface area contributed by atoms with E-state index in [1.807, 2.05) is 0 Å². The van der Waals surface area contributed by atoms with Crippen molar-refractivity contribution in [3.8, 4) is 0 Å². The third-order valence-corrected chi connectivity index (χ3v) is 3.52. The first-order chi connectivity index (χ1) is 10.5. The van der Waals surface area contributed by atoms with Crippen LogP contribution in [0.5, 0.6) is 0 Å². The molecule has 6 atom stereocenters. The van der Waals surface area contributed by atoms with Crippen molar-refractivity contribution in [3.63, 3.8) is 0 Å². The van der Waals surface area contributed by atoms with Gasteiger partial charge in [-0.05, 0) is 6.92 Å². The van der Waals surface area contributed by atoms with Crippen molar-refractivity contribution in [2.24, 2.45) is 0 Å². The molecule has 10 nitrogen and oxygen atoms in total. The van der Waals surface area contributed by atoms with Gasteiger partial charge in [0, 0.05) is 20.3 Å². The smallest absolute Gasteiger partial charge is 0.217 e. The van der Waals surface area contributed by atoms with Gasteiger partial charge in [-0.2, -0.15) is 0 Å². The standard InChI is InChI=1S/C13H22N2O8/c1-5(16)9(14-6(2)17)11-10(15-7(3)18)8(19)4-13(22,23-11)12(20)21/h5,8-11,16,19,22H,4H2,1-3H3,(H,14,17)(H,15,18)(H,20,21)/p-1/t5-,8-,9+,10-,11+,13+/m1/s1. The molecule has 1 heterocycles. The van der Waals surface area contributed by atoms with Gasteiger partial charge >= 0.3 is 0 Å². The van der Waals surface area contributed by atoms with E-state index in [2.05, 4.69) is 10.6 Å². The van der Waals surface area contributed by atoms with Crippen LogP contribution in [-0.2, 0) is 19.1 Å². The summed E-state index contributed by atoms with van der Waals surface area (Å²) in [6.07, 6.45) is -4.88. The maximum atomic E-state index is 11.3. The van der Waals surface area contributed by atoms with E-state index in [1.54, 1.807) is 0 Å². The molecule has 2 amide bonds. The Hall–Kier alpha value is -1.75. The van der Waals surface area contributed by atoms with E-state index in [0.29, 0.717) is 0 Å². The first kappa shape index (κ1) is 19.3. The Morgan fingerprint density at radius 2 is 1.87 bits per heavy atom. The lowest BCUT2D eigenvalue weighted by molar-refractivity contribution is -0.370. The minimum atomic E-state index is -2.81. The number of aliphatic hydroxyl groups is 3. The van der Waals surface area contributed by atoms with E-state index in [-0.39, 0.29) is 0 Å². The Bertz CT molecular complexity index is 465. The summed E-state index contributed by atoms with van der Waals surface area (Å²) in [6.45, 7) is 3.62. The molecule has 0 aromatic carbocycles. The molecule has 0 aromatic rings. The van der Waals surface area contributed by atoms with Crippen LogP contribution in [0.1, 0.15) is 27.2 Å². The summed E-state index contributed by atoms with van der Waals surface area (Å²) in [6, 6.07) is -2.34. The lowest BCUT2D eigenvalue weighted by Gasteiger charge is -2.47. The van der Waals surface area contributed by atoms with Crippen molar-refractivity contribution in [1.29, 1.82) is 0 Å². The van der Waals surface area contributed by atoms with Gasteiger partial charge in [-0.15, -0.1) is 0 Å². The third-order valence-electron chi connectivity index (χ3n) is 3.52. The molecule has 0 aromatic heterocycles. The van der Waals surface area contributed by atoms with Crippen molar-refractivity contribution in [3.05, 3.63) is 0 Å². The molecular weight excluding hydrogens is 312 g/mol. The third kappa shape index (κ3) is 4.61. The van der Waals surface area contributed by atoms with Gasteiger partial charge in [-0.25, -0.2) is 0 Å². The fourth-order valence-electron chi connectivity index (χ4n) is 2.53. The number of ether oxygens (including phenoxy) is 1. The SMILES string of the molecule is CC(=O)N[C@H]([C@@H]1O[C@](O)(C(=O)[O-])C[C@@H](O)[C@H]1NC(C)=O)[C@@H](C)O. The summed E-state index contributed by atoms with van der Waals surface area (Å²) >= 11 is 0. The van der Waals surface area contributed by atoms with Gasteiger partial charge in [-0.1, -0.05) is 0 Å². The van der Waals surface area contributed by atoms with Gasteiger partial charge in [0.25, 0.3) is 0 Å². The number of carboxylic acid groups (broad SMARTS) is 1. The Labute approximate surface area is 132 Å². The Kier molecular flexibility index (Phi) is 6.05. The van der Waals surface area contributed by atoms with E-state index in [9.17, 15) is 34.8 Å². The lowest BCUT2D eigenvalue weighted by atomic mass is 9.87. The normalized spacial score (nSPS) is 33.4. The van der Waals surface area contributed by atoms with E-state index in [4.69, 9.17) is 4.74 Å². The molecule has 1 aliphatic rings. The van der Waals surface area contributed by atoms with Crippen LogP contribution in [0.3, 0.4) is 0 Å². The van der Waals surface area contributed by atoms with Crippen LogP contribution < -0.4 is 15.7 Å². The number of aliphatic hydroxyl groups excluding tert-OH is 2. The minimum Gasteiger partial charge on any atom is -0.544 e.